The number of carbonyl (C=O) groups is 1. The van der Waals surface area contributed by atoms with Crippen LogP contribution >= 0.6 is 0 Å². The molecule has 0 spiro atoms. The summed E-state index contributed by atoms with van der Waals surface area (Å²) in [6, 6.07) is 9.95. The molecule has 0 saturated carbocycles. The second kappa shape index (κ2) is 5.94. The molecule has 0 heterocycles. The van der Waals surface area contributed by atoms with Gasteiger partial charge in [-0.1, -0.05) is 12.1 Å². The molecule has 84 valence electrons. The van der Waals surface area contributed by atoms with Gasteiger partial charge >= 0.3 is 5.97 Å². The van der Waals surface area contributed by atoms with E-state index >= 15 is 0 Å². The van der Waals surface area contributed by atoms with E-state index in [9.17, 15) is 4.79 Å². The molecule has 0 amide bonds. The van der Waals surface area contributed by atoms with Gasteiger partial charge in [-0.15, -0.1) is 0 Å². The van der Waals surface area contributed by atoms with E-state index in [1.54, 1.807) is 36.4 Å². The Morgan fingerprint density at radius 2 is 2.12 bits per heavy atom. The van der Waals surface area contributed by atoms with Gasteiger partial charge in [0.1, 0.15) is 23.5 Å². The van der Waals surface area contributed by atoms with Crippen LogP contribution in [0.3, 0.4) is 0 Å². The van der Waals surface area contributed by atoms with E-state index in [0.717, 1.165) is 0 Å². The molecule has 0 bridgehead atoms. The number of nitriles is 2. The van der Waals surface area contributed by atoms with Crippen molar-refractivity contribution in [3.63, 3.8) is 0 Å². The van der Waals surface area contributed by atoms with Crippen molar-refractivity contribution in [3.8, 4) is 17.9 Å². The molecule has 1 rings (SSSR count). The zero-order valence-corrected chi connectivity index (χ0v) is 8.75. The van der Waals surface area contributed by atoms with Crippen LogP contribution in [0.5, 0.6) is 5.75 Å². The van der Waals surface area contributed by atoms with Crippen LogP contribution in [-0.2, 0) is 4.79 Å². The molecule has 1 aromatic rings. The van der Waals surface area contributed by atoms with E-state index in [2.05, 4.69) is 0 Å². The molecular weight excluding hydrogens is 220 g/mol. The number of hydrogen-bond donors (Lipinski definition) is 1. The molecular formula is C12H8N2O3. The van der Waals surface area contributed by atoms with E-state index in [0.29, 0.717) is 11.3 Å². The van der Waals surface area contributed by atoms with Gasteiger partial charge in [0.25, 0.3) is 0 Å². The molecule has 0 saturated heterocycles. The fourth-order valence-corrected chi connectivity index (χ4v) is 1.10. The van der Waals surface area contributed by atoms with Crippen molar-refractivity contribution < 1.29 is 14.6 Å². The highest BCUT2D eigenvalue weighted by atomic mass is 16.5. The number of carboxylic acids is 1. The third-order valence-electron chi connectivity index (χ3n) is 1.77. The average Bonchev–Trinajstić information content (AvgIpc) is 2.34. The Hall–Kier alpha value is -2.79. The Kier molecular flexibility index (Phi) is 4.29. The van der Waals surface area contributed by atoms with Crippen LogP contribution in [0.4, 0.5) is 0 Å². The van der Waals surface area contributed by atoms with E-state index in [-0.39, 0.29) is 5.57 Å². The second-order valence-corrected chi connectivity index (χ2v) is 3.04. The third kappa shape index (κ3) is 4.06. The maximum Gasteiger partial charge on any atom is 0.341 e. The summed E-state index contributed by atoms with van der Waals surface area (Å²) in [5, 5.41) is 25.6. The average molecular weight is 228 g/mol. The normalized spacial score (nSPS) is 8.59. The Balaban J connectivity index is 2.87. The Labute approximate surface area is 97.8 Å². The standard InChI is InChI=1S/C12H8N2O3/c13-6-10(7-14)4-9-2-1-3-11(5-9)17-8-12(15)16/h1-5H,8H2,(H,15,16). The summed E-state index contributed by atoms with van der Waals surface area (Å²) in [7, 11) is 0. The van der Waals surface area contributed by atoms with Crippen molar-refractivity contribution in [2.75, 3.05) is 6.61 Å². The molecule has 0 fully saturated rings. The number of allylic oxidation sites excluding steroid dienone is 1. The lowest BCUT2D eigenvalue weighted by Crippen LogP contribution is -2.09. The van der Waals surface area contributed by atoms with Crippen LogP contribution in [0.1, 0.15) is 5.56 Å². The highest BCUT2D eigenvalue weighted by molar-refractivity contribution is 5.68. The molecule has 0 aliphatic heterocycles. The van der Waals surface area contributed by atoms with Gasteiger partial charge in [0.05, 0.1) is 0 Å². The number of carboxylic acid groups (broad SMARTS) is 1. The van der Waals surface area contributed by atoms with Crippen molar-refractivity contribution >= 4 is 12.0 Å². The van der Waals surface area contributed by atoms with Gasteiger partial charge in [-0.3, -0.25) is 0 Å². The summed E-state index contributed by atoms with van der Waals surface area (Å²) in [5.74, 6) is -0.697. The summed E-state index contributed by atoms with van der Waals surface area (Å²) in [6.45, 7) is -0.434. The van der Waals surface area contributed by atoms with E-state index < -0.39 is 12.6 Å². The summed E-state index contributed by atoms with van der Waals surface area (Å²) in [5.41, 5.74) is 0.575. The maximum absolute atomic E-state index is 10.3. The fraction of sp³-hybridized carbons (Fsp3) is 0.0833. The first-order chi connectivity index (χ1) is 8.15. The molecule has 0 radical (unpaired) electrons. The molecule has 0 aliphatic rings. The monoisotopic (exact) mass is 228 g/mol. The first-order valence-corrected chi connectivity index (χ1v) is 4.62. The summed E-state index contributed by atoms with van der Waals surface area (Å²) < 4.78 is 4.96. The largest absolute Gasteiger partial charge is 0.482 e. The predicted octanol–water partition coefficient (Wildman–Crippen LogP) is 1.58. The second-order valence-electron chi connectivity index (χ2n) is 3.04. The van der Waals surface area contributed by atoms with E-state index in [1.165, 1.54) is 6.08 Å². The minimum absolute atomic E-state index is 0.0274. The van der Waals surface area contributed by atoms with Gasteiger partial charge in [0.2, 0.25) is 0 Å². The van der Waals surface area contributed by atoms with Gasteiger partial charge in [-0.2, -0.15) is 10.5 Å². The zero-order chi connectivity index (χ0) is 12.7. The summed E-state index contributed by atoms with van der Waals surface area (Å²) in [6.07, 6.45) is 1.40. The number of benzene rings is 1. The first kappa shape index (κ1) is 12.3. The highest BCUT2D eigenvalue weighted by Gasteiger charge is 2.00. The molecule has 5 nitrogen and oxygen atoms in total. The number of aliphatic carboxylic acids is 1. The van der Waals surface area contributed by atoms with Gasteiger partial charge in [0.15, 0.2) is 6.61 Å². The molecule has 0 aromatic heterocycles. The lowest BCUT2D eigenvalue weighted by molar-refractivity contribution is -0.139. The van der Waals surface area contributed by atoms with Gasteiger partial charge in [0, 0.05) is 0 Å². The van der Waals surface area contributed by atoms with Crippen LogP contribution in [0.15, 0.2) is 29.8 Å². The quantitative estimate of drug-likeness (QED) is 0.789. The topological polar surface area (TPSA) is 94.1 Å². The Morgan fingerprint density at radius 1 is 1.41 bits per heavy atom. The molecule has 0 aliphatic carbocycles. The molecule has 0 unspecified atom stereocenters. The summed E-state index contributed by atoms with van der Waals surface area (Å²) >= 11 is 0. The number of rotatable bonds is 4. The summed E-state index contributed by atoms with van der Waals surface area (Å²) in [4.78, 5) is 10.3. The van der Waals surface area contributed by atoms with Crippen molar-refractivity contribution in [3.05, 3.63) is 35.4 Å². The van der Waals surface area contributed by atoms with Crippen molar-refractivity contribution in [1.29, 1.82) is 10.5 Å². The zero-order valence-electron chi connectivity index (χ0n) is 8.75. The molecule has 17 heavy (non-hydrogen) atoms. The Bertz CT molecular complexity index is 519. The minimum Gasteiger partial charge on any atom is -0.482 e. The highest BCUT2D eigenvalue weighted by Crippen LogP contribution is 2.15. The SMILES string of the molecule is N#CC(C#N)=Cc1cccc(OCC(=O)O)c1. The van der Waals surface area contributed by atoms with Gasteiger partial charge in [-0.05, 0) is 23.8 Å². The van der Waals surface area contributed by atoms with Crippen LogP contribution in [-0.4, -0.2) is 17.7 Å². The van der Waals surface area contributed by atoms with Crippen LogP contribution < -0.4 is 4.74 Å². The fourth-order valence-electron chi connectivity index (χ4n) is 1.10. The van der Waals surface area contributed by atoms with Gasteiger partial charge in [-0.25, -0.2) is 4.79 Å². The first-order valence-electron chi connectivity index (χ1n) is 4.62. The number of hydrogen-bond acceptors (Lipinski definition) is 4. The lowest BCUT2D eigenvalue weighted by atomic mass is 10.1. The predicted molar refractivity (Wildman–Crippen MR) is 58.8 cm³/mol. The van der Waals surface area contributed by atoms with E-state index in [4.69, 9.17) is 20.4 Å². The maximum atomic E-state index is 10.3. The van der Waals surface area contributed by atoms with Crippen LogP contribution in [0, 0.1) is 22.7 Å². The number of ether oxygens (including phenoxy) is 1. The van der Waals surface area contributed by atoms with Crippen LogP contribution in [0.2, 0.25) is 0 Å². The number of nitrogens with zero attached hydrogens (tertiary/aromatic N) is 2. The van der Waals surface area contributed by atoms with Crippen molar-refractivity contribution in [2.45, 2.75) is 0 Å². The van der Waals surface area contributed by atoms with Gasteiger partial charge < -0.3 is 9.84 Å². The molecule has 0 atom stereocenters. The lowest BCUT2D eigenvalue weighted by Gasteiger charge is -2.03. The minimum atomic E-state index is -1.07. The van der Waals surface area contributed by atoms with E-state index in [1.807, 2.05) is 0 Å². The van der Waals surface area contributed by atoms with Crippen molar-refractivity contribution in [2.24, 2.45) is 0 Å². The molecule has 5 heteroatoms. The van der Waals surface area contributed by atoms with Crippen LogP contribution in [0.25, 0.3) is 6.08 Å². The third-order valence-corrected chi connectivity index (χ3v) is 1.77. The smallest absolute Gasteiger partial charge is 0.341 e. The molecule has 1 N–H and O–H groups in total. The Morgan fingerprint density at radius 3 is 2.71 bits per heavy atom. The molecule has 1 aromatic carbocycles. The van der Waals surface area contributed by atoms with Crippen molar-refractivity contribution in [1.82, 2.24) is 0 Å².